The third-order valence-corrected chi connectivity index (χ3v) is 11.0. The summed E-state index contributed by atoms with van der Waals surface area (Å²) in [5.41, 5.74) is 0.580. The van der Waals surface area contributed by atoms with Gasteiger partial charge in [0.1, 0.15) is 27.4 Å². The quantitative estimate of drug-likeness (QED) is 0.308. The summed E-state index contributed by atoms with van der Waals surface area (Å²) in [6.07, 6.45) is 0. The summed E-state index contributed by atoms with van der Waals surface area (Å²) in [6, 6.07) is 12.2. The predicted molar refractivity (Wildman–Crippen MR) is 145 cm³/mol. The maximum atomic E-state index is 13.1. The van der Waals surface area contributed by atoms with E-state index in [1.54, 1.807) is 19.1 Å². The number of hydrogen-bond acceptors (Lipinski definition) is 9. The number of aromatic nitrogens is 2. The maximum Gasteiger partial charge on any atom is 0.352 e. The van der Waals surface area contributed by atoms with Crippen LogP contribution in [0.5, 0.6) is 0 Å². The zero-order valence-electron chi connectivity index (χ0n) is 19.7. The van der Waals surface area contributed by atoms with Crippen LogP contribution >= 0.6 is 34.9 Å². The highest BCUT2D eigenvalue weighted by Crippen LogP contribution is 2.41. The molecule has 3 unspecified atom stereocenters. The molecule has 2 aromatic carbocycles. The summed E-state index contributed by atoms with van der Waals surface area (Å²) in [7, 11) is -1.63. The molecule has 0 spiro atoms. The number of rotatable bonds is 8. The summed E-state index contributed by atoms with van der Waals surface area (Å²) in [5.74, 6) is -1.40. The summed E-state index contributed by atoms with van der Waals surface area (Å²) < 4.78 is 13.8. The summed E-state index contributed by atoms with van der Waals surface area (Å²) >= 11 is 4.21. The second-order valence-corrected chi connectivity index (χ2v) is 13.8. The zero-order valence-corrected chi connectivity index (χ0v) is 23.0. The smallest absolute Gasteiger partial charge is 0.352 e. The minimum atomic E-state index is -1.63. The molecule has 9 nitrogen and oxygen atoms in total. The van der Waals surface area contributed by atoms with E-state index in [0.717, 1.165) is 20.1 Å². The number of nitrogens with zero attached hydrogens (tertiary/aromatic N) is 3. The third-order valence-electron chi connectivity index (χ3n) is 6.07. The number of amides is 2. The molecule has 5 rings (SSSR count). The Morgan fingerprint density at radius 1 is 1.24 bits per heavy atom. The highest BCUT2D eigenvalue weighted by Gasteiger charge is 2.54. The van der Waals surface area contributed by atoms with Gasteiger partial charge < -0.3 is 10.4 Å². The number of thioether (sulfide) groups is 2. The van der Waals surface area contributed by atoms with Gasteiger partial charge >= 0.3 is 5.97 Å². The van der Waals surface area contributed by atoms with Gasteiger partial charge in [-0.15, -0.1) is 22.0 Å². The van der Waals surface area contributed by atoms with Crippen molar-refractivity contribution in [1.29, 1.82) is 0 Å². The molecule has 2 aliphatic rings. The first-order valence-corrected chi connectivity index (χ1v) is 15.3. The minimum absolute atomic E-state index is 0.0409. The van der Waals surface area contributed by atoms with Gasteiger partial charge in [-0.1, -0.05) is 53.4 Å². The van der Waals surface area contributed by atoms with Crippen LogP contribution in [0.25, 0.3) is 10.8 Å². The molecule has 4 atom stereocenters. The Morgan fingerprint density at radius 3 is 2.70 bits per heavy atom. The van der Waals surface area contributed by atoms with E-state index in [4.69, 9.17) is 0 Å². The summed E-state index contributed by atoms with van der Waals surface area (Å²) in [6.45, 7) is 3.40. The van der Waals surface area contributed by atoms with Crippen molar-refractivity contribution in [3.05, 3.63) is 58.7 Å². The van der Waals surface area contributed by atoms with Crippen LogP contribution in [0.1, 0.15) is 11.9 Å². The van der Waals surface area contributed by atoms with Gasteiger partial charge in [-0.2, -0.15) is 0 Å². The molecule has 3 aromatic rings. The molecule has 2 aliphatic heterocycles. The highest BCUT2D eigenvalue weighted by molar-refractivity contribution is 8.01. The lowest BCUT2D eigenvalue weighted by atomic mass is 10.0. The Balaban J connectivity index is 1.26. The van der Waals surface area contributed by atoms with Crippen molar-refractivity contribution < 1.29 is 23.7 Å². The van der Waals surface area contributed by atoms with Gasteiger partial charge in [0.25, 0.3) is 5.91 Å². The maximum absolute atomic E-state index is 13.1. The Hall–Kier alpha value is -2.74. The molecular weight excluding hydrogens is 553 g/mol. The van der Waals surface area contributed by atoms with E-state index in [1.807, 2.05) is 37.3 Å². The van der Waals surface area contributed by atoms with Crippen molar-refractivity contribution in [3.63, 3.8) is 0 Å². The van der Waals surface area contributed by atoms with Crippen molar-refractivity contribution in [2.75, 3.05) is 11.5 Å². The molecule has 0 aliphatic carbocycles. The molecule has 1 saturated heterocycles. The number of carbonyl (C=O) groups excluding carboxylic acids is 2. The Bertz CT molecular complexity index is 1470. The Labute approximate surface area is 227 Å². The number of carbonyl (C=O) groups is 3. The number of carboxylic acid groups (broad SMARTS) is 1. The van der Waals surface area contributed by atoms with Gasteiger partial charge in [-0.3, -0.25) is 18.7 Å². The van der Waals surface area contributed by atoms with Crippen molar-refractivity contribution in [1.82, 2.24) is 20.4 Å². The average Bonchev–Trinajstić information content (AvgIpc) is 3.33. The lowest BCUT2D eigenvalue weighted by molar-refractivity contribution is -0.150. The summed E-state index contributed by atoms with van der Waals surface area (Å²) in [4.78, 5) is 39.8. The Kier molecular flexibility index (Phi) is 7.39. The van der Waals surface area contributed by atoms with Gasteiger partial charge in [0, 0.05) is 16.4 Å². The van der Waals surface area contributed by atoms with Crippen LogP contribution in [-0.4, -0.2) is 70.4 Å². The van der Waals surface area contributed by atoms with Crippen LogP contribution in [0.15, 0.2) is 63.0 Å². The van der Waals surface area contributed by atoms with E-state index in [2.05, 4.69) is 15.5 Å². The molecule has 0 saturated carbocycles. The lowest BCUT2D eigenvalue weighted by Gasteiger charge is -2.49. The number of hydrogen-bond donors (Lipinski definition) is 2. The van der Waals surface area contributed by atoms with Crippen molar-refractivity contribution >= 4 is 74.2 Å². The molecule has 2 N–H and O–H groups in total. The number of benzene rings is 2. The molecule has 2 amide bonds. The van der Waals surface area contributed by atoms with Crippen LogP contribution in [0, 0.1) is 6.92 Å². The van der Waals surface area contributed by atoms with Gasteiger partial charge in [0.15, 0.2) is 4.34 Å². The van der Waals surface area contributed by atoms with E-state index >= 15 is 0 Å². The number of carboxylic acids is 1. The minimum Gasteiger partial charge on any atom is -0.477 e. The number of β-lactam (4-membered cyclic amide) rings is 1. The van der Waals surface area contributed by atoms with Gasteiger partial charge in [-0.05, 0) is 42.3 Å². The van der Waals surface area contributed by atoms with Gasteiger partial charge in [0.05, 0.1) is 10.8 Å². The molecule has 37 heavy (non-hydrogen) atoms. The van der Waals surface area contributed by atoms with Crippen LogP contribution in [0.4, 0.5) is 0 Å². The van der Waals surface area contributed by atoms with Crippen LogP contribution in [0.2, 0.25) is 0 Å². The van der Waals surface area contributed by atoms with Crippen molar-refractivity contribution in [3.8, 4) is 0 Å². The molecule has 13 heteroatoms. The molecule has 192 valence electrons. The number of fused-ring (bicyclic) bond motifs is 2. The fourth-order valence-electron chi connectivity index (χ4n) is 4.14. The van der Waals surface area contributed by atoms with E-state index in [-0.39, 0.29) is 5.70 Å². The van der Waals surface area contributed by atoms with Gasteiger partial charge in [-0.25, -0.2) is 4.79 Å². The molecule has 1 aromatic heterocycles. The number of aliphatic carboxylic acids is 1. The molecule has 1 fully saturated rings. The first kappa shape index (κ1) is 25.9. The van der Waals surface area contributed by atoms with E-state index in [1.165, 1.54) is 39.8 Å². The third kappa shape index (κ3) is 5.05. The van der Waals surface area contributed by atoms with Crippen molar-refractivity contribution in [2.24, 2.45) is 0 Å². The first-order chi connectivity index (χ1) is 17.7. The number of aryl methyl sites for hydroxylation is 1. The zero-order chi connectivity index (χ0) is 26.3. The topological polar surface area (TPSA) is 130 Å². The average molecular weight is 575 g/mol. The second kappa shape index (κ2) is 10.6. The molecular formula is C24H22N4O5S4. The largest absolute Gasteiger partial charge is 0.477 e. The predicted octanol–water partition coefficient (Wildman–Crippen LogP) is 3.03. The van der Waals surface area contributed by atoms with Crippen LogP contribution in [0.3, 0.4) is 0 Å². The lowest BCUT2D eigenvalue weighted by Crippen LogP contribution is -2.71. The van der Waals surface area contributed by atoms with Gasteiger partial charge in [0.2, 0.25) is 5.91 Å². The Morgan fingerprint density at radius 2 is 2.00 bits per heavy atom. The highest BCUT2D eigenvalue weighted by atomic mass is 32.2. The van der Waals surface area contributed by atoms with Crippen molar-refractivity contribution in [2.45, 2.75) is 39.7 Å². The molecule has 0 bridgehead atoms. The van der Waals surface area contributed by atoms with Crippen LogP contribution in [-0.2, 0) is 25.2 Å². The fraction of sp³-hybridized carbons (Fsp3) is 0.292. The molecule has 3 heterocycles. The second-order valence-electron chi connectivity index (χ2n) is 8.48. The van der Waals surface area contributed by atoms with Crippen LogP contribution < -0.4 is 5.32 Å². The fourth-order valence-corrected chi connectivity index (χ4v) is 8.56. The summed E-state index contributed by atoms with van der Waals surface area (Å²) in [5, 5.41) is 21.9. The molecule has 0 radical (unpaired) electrons. The normalized spacial score (nSPS) is 20.8. The number of nitrogens with one attached hydrogen (secondary N) is 1. The monoisotopic (exact) mass is 574 g/mol. The van der Waals surface area contributed by atoms with E-state index in [0.29, 0.717) is 22.0 Å². The standard InChI is InChI=1S/C24H22N4O5S4/c1-12(37(33)17-8-7-14-5-3-4-6-15(14)9-17)20(29)25-18-21(30)28-19(23(31)32)16(10-34-22(18)28)11-35-24-27-26-13(2)36-24/h3-9,12,18,22H,10-11H2,1-2H3,(H,25,29)(H,31,32)/t12?,18?,22-,37?/m1/s1. The van der Waals surface area contributed by atoms with E-state index in [9.17, 15) is 23.7 Å². The first-order valence-electron chi connectivity index (χ1n) is 11.3. The SMILES string of the molecule is Cc1nnc(SCC2=C(C(=O)O)N3C(=O)C(NC(=O)C(C)S(=O)c4ccc5ccccc5c4)[C@H]3SC2)s1. The van der Waals surface area contributed by atoms with E-state index < -0.39 is 45.2 Å².